The van der Waals surface area contributed by atoms with Crippen LogP contribution in [0.3, 0.4) is 0 Å². The number of benzene rings is 1. The second kappa shape index (κ2) is 7.11. The lowest BCUT2D eigenvalue weighted by molar-refractivity contribution is -0.125. The molecule has 7 heteroatoms. The fraction of sp³-hybridized carbons (Fsp3) is 0.250. The van der Waals surface area contributed by atoms with Gasteiger partial charge in [-0.3, -0.25) is 4.79 Å². The van der Waals surface area contributed by atoms with Gasteiger partial charge >= 0.3 is 5.97 Å². The Hall–Kier alpha value is -3.35. The summed E-state index contributed by atoms with van der Waals surface area (Å²) in [5.74, 6) is -0.213. The number of aromatic nitrogens is 2. The van der Waals surface area contributed by atoms with Crippen molar-refractivity contribution in [2.24, 2.45) is 0 Å². The molecule has 1 aromatic carbocycles. The van der Waals surface area contributed by atoms with Gasteiger partial charge < -0.3 is 19.2 Å². The molecule has 0 aliphatic carbocycles. The lowest BCUT2D eigenvalue weighted by Crippen LogP contribution is -2.35. The van der Waals surface area contributed by atoms with Crippen LogP contribution in [0.15, 0.2) is 48.8 Å². The topological polar surface area (TPSA) is 81.9 Å². The van der Waals surface area contributed by atoms with Crippen molar-refractivity contribution in [1.29, 1.82) is 0 Å². The minimum Gasteiger partial charge on any atom is -0.493 e. The van der Waals surface area contributed by atoms with Gasteiger partial charge in [-0.1, -0.05) is 18.2 Å². The molecule has 3 heterocycles. The molecule has 7 nitrogen and oxygen atoms in total. The van der Waals surface area contributed by atoms with Gasteiger partial charge in [0.2, 0.25) is 0 Å². The highest BCUT2D eigenvalue weighted by atomic mass is 16.5. The Morgan fingerprint density at radius 3 is 3.07 bits per heavy atom. The van der Waals surface area contributed by atoms with E-state index in [1.807, 2.05) is 49.5 Å². The van der Waals surface area contributed by atoms with Crippen LogP contribution >= 0.6 is 0 Å². The van der Waals surface area contributed by atoms with Gasteiger partial charge in [0.1, 0.15) is 11.4 Å². The van der Waals surface area contributed by atoms with Crippen molar-refractivity contribution in [2.75, 3.05) is 13.2 Å². The molecule has 138 valence electrons. The van der Waals surface area contributed by atoms with E-state index in [1.165, 1.54) is 0 Å². The molecule has 1 N–H and O–H groups in total. The summed E-state index contributed by atoms with van der Waals surface area (Å²) >= 11 is 0. The number of rotatable bonds is 4. The average Bonchev–Trinajstić information content (AvgIpc) is 3.09. The number of amides is 1. The highest BCUT2D eigenvalue weighted by Gasteiger charge is 2.23. The lowest BCUT2D eigenvalue weighted by Gasteiger charge is -2.26. The Kier molecular flexibility index (Phi) is 4.50. The summed E-state index contributed by atoms with van der Waals surface area (Å²) in [7, 11) is 0. The monoisotopic (exact) mass is 365 g/mol. The molecule has 0 bridgehead atoms. The molecule has 2 aromatic heterocycles. The quantitative estimate of drug-likeness (QED) is 0.718. The summed E-state index contributed by atoms with van der Waals surface area (Å²) in [6, 6.07) is 11.2. The van der Waals surface area contributed by atoms with E-state index in [1.54, 1.807) is 10.6 Å². The van der Waals surface area contributed by atoms with Crippen LogP contribution in [-0.4, -0.2) is 34.5 Å². The molecular formula is C20H19N3O4. The Balaban J connectivity index is 1.37. The van der Waals surface area contributed by atoms with E-state index >= 15 is 0 Å². The van der Waals surface area contributed by atoms with Crippen LogP contribution in [-0.2, 0) is 9.53 Å². The summed E-state index contributed by atoms with van der Waals surface area (Å²) < 4.78 is 12.4. The number of esters is 1. The maximum absolute atomic E-state index is 12.2. The zero-order valence-electron chi connectivity index (χ0n) is 14.8. The maximum atomic E-state index is 12.2. The average molecular weight is 365 g/mol. The SMILES string of the molecule is Cc1ccn2cc(C(=O)OCC(=O)NC3CCOc4ccccc43)nc2c1. The number of nitrogens with zero attached hydrogens (tertiary/aromatic N) is 2. The molecule has 0 radical (unpaired) electrons. The second-order valence-electron chi connectivity index (χ2n) is 6.47. The Bertz CT molecular complexity index is 1010. The number of nitrogens with one attached hydrogen (secondary N) is 1. The molecule has 4 rings (SSSR count). The summed E-state index contributed by atoms with van der Waals surface area (Å²) in [6.45, 7) is 2.12. The van der Waals surface area contributed by atoms with Gasteiger partial charge in [0, 0.05) is 24.4 Å². The maximum Gasteiger partial charge on any atom is 0.359 e. The summed E-state index contributed by atoms with van der Waals surface area (Å²) in [4.78, 5) is 28.7. The van der Waals surface area contributed by atoms with Crippen molar-refractivity contribution in [1.82, 2.24) is 14.7 Å². The highest BCUT2D eigenvalue weighted by Crippen LogP contribution is 2.31. The number of para-hydroxylation sites is 1. The van der Waals surface area contributed by atoms with Crippen molar-refractivity contribution >= 4 is 17.5 Å². The van der Waals surface area contributed by atoms with Crippen molar-refractivity contribution in [2.45, 2.75) is 19.4 Å². The Labute approximate surface area is 155 Å². The fourth-order valence-electron chi connectivity index (χ4n) is 3.12. The molecule has 1 aliphatic rings. The molecule has 1 atom stereocenters. The van der Waals surface area contributed by atoms with Crippen LogP contribution < -0.4 is 10.1 Å². The minimum atomic E-state index is -0.626. The number of carbonyl (C=O) groups excluding carboxylic acids is 2. The van der Waals surface area contributed by atoms with E-state index in [0.717, 1.165) is 16.9 Å². The van der Waals surface area contributed by atoms with Crippen LogP contribution in [0.25, 0.3) is 5.65 Å². The Morgan fingerprint density at radius 2 is 2.19 bits per heavy atom. The molecule has 1 amide bonds. The molecule has 3 aromatic rings. The first-order valence-corrected chi connectivity index (χ1v) is 8.74. The van der Waals surface area contributed by atoms with Crippen molar-refractivity contribution in [3.8, 4) is 5.75 Å². The first-order chi connectivity index (χ1) is 13.1. The van der Waals surface area contributed by atoms with E-state index in [0.29, 0.717) is 18.7 Å². The van der Waals surface area contributed by atoms with Gasteiger partial charge in [0.25, 0.3) is 5.91 Å². The van der Waals surface area contributed by atoms with E-state index in [4.69, 9.17) is 9.47 Å². The number of pyridine rings is 1. The van der Waals surface area contributed by atoms with Gasteiger partial charge in [0.15, 0.2) is 12.3 Å². The minimum absolute atomic E-state index is 0.153. The van der Waals surface area contributed by atoms with Gasteiger partial charge in [0.05, 0.1) is 12.6 Å². The van der Waals surface area contributed by atoms with Crippen LogP contribution in [0.4, 0.5) is 0 Å². The van der Waals surface area contributed by atoms with Crippen LogP contribution in [0.1, 0.15) is 34.1 Å². The lowest BCUT2D eigenvalue weighted by atomic mass is 10.0. The summed E-state index contributed by atoms with van der Waals surface area (Å²) in [5.41, 5.74) is 2.80. The smallest absolute Gasteiger partial charge is 0.359 e. The van der Waals surface area contributed by atoms with Crippen molar-refractivity contribution in [3.05, 3.63) is 65.6 Å². The van der Waals surface area contributed by atoms with Crippen LogP contribution in [0.2, 0.25) is 0 Å². The van der Waals surface area contributed by atoms with Gasteiger partial charge in [-0.15, -0.1) is 0 Å². The van der Waals surface area contributed by atoms with Crippen molar-refractivity contribution in [3.63, 3.8) is 0 Å². The summed E-state index contributed by atoms with van der Waals surface area (Å²) in [6.07, 6.45) is 4.08. The third kappa shape index (κ3) is 3.62. The summed E-state index contributed by atoms with van der Waals surface area (Å²) in [5, 5.41) is 2.89. The van der Waals surface area contributed by atoms with E-state index < -0.39 is 5.97 Å². The number of ether oxygens (including phenoxy) is 2. The second-order valence-corrected chi connectivity index (χ2v) is 6.47. The van der Waals surface area contributed by atoms with E-state index in [2.05, 4.69) is 10.3 Å². The first-order valence-electron chi connectivity index (χ1n) is 8.74. The van der Waals surface area contributed by atoms with Crippen LogP contribution in [0.5, 0.6) is 5.75 Å². The fourth-order valence-corrected chi connectivity index (χ4v) is 3.12. The van der Waals surface area contributed by atoms with Crippen LogP contribution in [0, 0.1) is 6.92 Å². The molecule has 1 unspecified atom stereocenters. The van der Waals surface area contributed by atoms with Crippen molar-refractivity contribution < 1.29 is 19.1 Å². The number of carbonyl (C=O) groups is 2. The zero-order valence-corrected chi connectivity index (χ0v) is 14.8. The van der Waals surface area contributed by atoms with E-state index in [-0.39, 0.29) is 24.2 Å². The Morgan fingerprint density at radius 1 is 1.33 bits per heavy atom. The predicted molar refractivity (Wildman–Crippen MR) is 97.6 cm³/mol. The highest BCUT2D eigenvalue weighted by molar-refractivity contribution is 5.90. The molecular weight excluding hydrogens is 346 g/mol. The third-order valence-electron chi connectivity index (χ3n) is 4.45. The molecule has 1 aliphatic heterocycles. The molecule has 27 heavy (non-hydrogen) atoms. The number of hydrogen-bond acceptors (Lipinski definition) is 5. The molecule has 0 fully saturated rings. The zero-order chi connectivity index (χ0) is 18.8. The third-order valence-corrected chi connectivity index (χ3v) is 4.45. The normalized spacial score (nSPS) is 15.7. The number of imidazole rings is 1. The van der Waals surface area contributed by atoms with Gasteiger partial charge in [-0.05, 0) is 30.7 Å². The number of fused-ring (bicyclic) bond motifs is 2. The van der Waals surface area contributed by atoms with Gasteiger partial charge in [-0.2, -0.15) is 0 Å². The van der Waals surface area contributed by atoms with E-state index in [9.17, 15) is 9.59 Å². The van der Waals surface area contributed by atoms with Gasteiger partial charge in [-0.25, -0.2) is 9.78 Å². The first kappa shape index (κ1) is 17.1. The predicted octanol–water partition coefficient (Wildman–Crippen LogP) is 2.44. The number of hydrogen-bond donors (Lipinski definition) is 1. The largest absolute Gasteiger partial charge is 0.493 e. The number of aryl methyl sites for hydroxylation is 1. The molecule has 0 spiro atoms. The molecule has 0 saturated carbocycles. The molecule has 0 saturated heterocycles. The standard InChI is InChI=1S/C20H19N3O4/c1-13-6-8-23-11-16(21-18(23)10-13)20(25)27-12-19(24)22-15-7-9-26-17-5-3-2-4-14(15)17/h2-6,8,10-11,15H,7,9,12H2,1H3,(H,22,24).